The number of hydrogen-bond donors (Lipinski definition) is 2. The molecule has 2 N–H and O–H groups in total. The van der Waals surface area contributed by atoms with E-state index in [1.165, 1.54) is 0 Å². The third kappa shape index (κ3) is 4.07. The van der Waals surface area contributed by atoms with Gasteiger partial charge in [-0.15, -0.1) is 0 Å². The molecule has 128 valence electrons. The van der Waals surface area contributed by atoms with Crippen molar-refractivity contribution < 1.29 is 14.3 Å². The lowest BCUT2D eigenvalue weighted by molar-refractivity contribution is -0.115. The smallest absolute Gasteiger partial charge is 0.338 e. The van der Waals surface area contributed by atoms with Crippen LogP contribution in [0.1, 0.15) is 29.3 Å². The van der Waals surface area contributed by atoms with Crippen molar-refractivity contribution in [2.24, 2.45) is 0 Å². The molecular formula is C20H20N2O3. The summed E-state index contributed by atoms with van der Waals surface area (Å²) >= 11 is 0. The standard InChI is InChI=1S/C20H20N2O3/c1-2-11-25-20(24)14-7-9-16(10-8-14)22-19(23)12-15-13-21-18-6-4-3-5-17(15)18/h3-10,13,21H,2,11-12H2,1H3,(H,22,23). The second-order valence-corrected chi connectivity index (χ2v) is 5.80. The first-order chi connectivity index (χ1) is 12.2. The van der Waals surface area contributed by atoms with Gasteiger partial charge in [-0.25, -0.2) is 4.79 Å². The number of aromatic amines is 1. The number of H-pyrrole nitrogens is 1. The molecule has 0 aliphatic heterocycles. The first-order valence-electron chi connectivity index (χ1n) is 8.29. The Balaban J connectivity index is 1.62. The van der Waals surface area contributed by atoms with Crippen molar-refractivity contribution in [2.75, 3.05) is 11.9 Å². The largest absolute Gasteiger partial charge is 0.462 e. The molecule has 0 fully saturated rings. The number of para-hydroxylation sites is 1. The highest BCUT2D eigenvalue weighted by molar-refractivity contribution is 5.96. The van der Waals surface area contributed by atoms with Gasteiger partial charge in [-0.2, -0.15) is 0 Å². The molecule has 1 heterocycles. The number of fused-ring (bicyclic) bond motifs is 1. The summed E-state index contributed by atoms with van der Waals surface area (Å²) < 4.78 is 5.08. The fraction of sp³-hybridized carbons (Fsp3) is 0.200. The van der Waals surface area contributed by atoms with Crippen LogP contribution in [-0.4, -0.2) is 23.5 Å². The van der Waals surface area contributed by atoms with E-state index in [0.717, 1.165) is 22.9 Å². The van der Waals surface area contributed by atoms with Gasteiger partial charge in [0.05, 0.1) is 18.6 Å². The van der Waals surface area contributed by atoms with Gasteiger partial charge >= 0.3 is 5.97 Å². The van der Waals surface area contributed by atoms with E-state index < -0.39 is 0 Å². The number of aromatic nitrogens is 1. The number of benzene rings is 2. The Morgan fingerprint density at radius 1 is 1.08 bits per heavy atom. The quantitative estimate of drug-likeness (QED) is 0.670. The van der Waals surface area contributed by atoms with E-state index in [9.17, 15) is 9.59 Å². The molecule has 0 aliphatic carbocycles. The minimum absolute atomic E-state index is 0.105. The number of amides is 1. The highest BCUT2D eigenvalue weighted by atomic mass is 16.5. The van der Waals surface area contributed by atoms with Crippen LogP contribution in [0.3, 0.4) is 0 Å². The van der Waals surface area contributed by atoms with Gasteiger partial charge in [0.15, 0.2) is 0 Å². The van der Waals surface area contributed by atoms with Crippen molar-refractivity contribution in [1.29, 1.82) is 0 Å². The number of carbonyl (C=O) groups is 2. The highest BCUT2D eigenvalue weighted by Gasteiger charge is 2.10. The zero-order valence-corrected chi connectivity index (χ0v) is 14.0. The fourth-order valence-corrected chi connectivity index (χ4v) is 2.62. The molecule has 0 radical (unpaired) electrons. The lowest BCUT2D eigenvalue weighted by Crippen LogP contribution is -2.14. The molecule has 0 aliphatic rings. The number of carbonyl (C=O) groups excluding carboxylic acids is 2. The van der Waals surface area contributed by atoms with E-state index in [0.29, 0.717) is 17.9 Å². The van der Waals surface area contributed by atoms with Crippen LogP contribution in [0.15, 0.2) is 54.7 Å². The first-order valence-corrected chi connectivity index (χ1v) is 8.29. The van der Waals surface area contributed by atoms with Gasteiger partial charge in [0.2, 0.25) is 5.91 Å². The first kappa shape index (κ1) is 16.8. The van der Waals surface area contributed by atoms with E-state index in [-0.39, 0.29) is 18.3 Å². The third-order valence-corrected chi connectivity index (χ3v) is 3.87. The van der Waals surface area contributed by atoms with Crippen LogP contribution in [0.2, 0.25) is 0 Å². The van der Waals surface area contributed by atoms with E-state index in [1.54, 1.807) is 24.3 Å². The number of esters is 1. The average Bonchev–Trinajstić information content (AvgIpc) is 3.03. The summed E-state index contributed by atoms with van der Waals surface area (Å²) in [5.74, 6) is -0.454. The Morgan fingerprint density at radius 3 is 2.60 bits per heavy atom. The van der Waals surface area contributed by atoms with Gasteiger partial charge in [0, 0.05) is 22.8 Å². The molecule has 0 spiro atoms. The minimum atomic E-state index is -0.349. The van der Waals surface area contributed by atoms with Crippen molar-refractivity contribution >= 4 is 28.5 Å². The van der Waals surface area contributed by atoms with Gasteiger partial charge in [-0.05, 0) is 42.3 Å². The maximum absolute atomic E-state index is 12.3. The second kappa shape index (κ2) is 7.66. The maximum atomic E-state index is 12.3. The normalized spacial score (nSPS) is 10.6. The number of nitrogens with one attached hydrogen (secondary N) is 2. The fourth-order valence-electron chi connectivity index (χ4n) is 2.62. The van der Waals surface area contributed by atoms with Gasteiger partial charge < -0.3 is 15.0 Å². The Kier molecular flexibility index (Phi) is 5.14. The van der Waals surface area contributed by atoms with Gasteiger partial charge in [0.25, 0.3) is 0 Å². The SMILES string of the molecule is CCCOC(=O)c1ccc(NC(=O)Cc2c[nH]c3ccccc23)cc1. The van der Waals surface area contributed by atoms with Crippen molar-refractivity contribution in [3.8, 4) is 0 Å². The maximum Gasteiger partial charge on any atom is 0.338 e. The molecule has 5 heteroatoms. The predicted molar refractivity (Wildman–Crippen MR) is 97.6 cm³/mol. The molecule has 3 aromatic rings. The Bertz CT molecular complexity index is 881. The van der Waals surface area contributed by atoms with E-state index in [2.05, 4.69) is 10.3 Å². The summed E-state index contributed by atoms with van der Waals surface area (Å²) in [4.78, 5) is 27.2. The summed E-state index contributed by atoms with van der Waals surface area (Å²) in [6.07, 6.45) is 2.93. The van der Waals surface area contributed by atoms with Gasteiger partial charge in [-0.3, -0.25) is 4.79 Å². The van der Waals surface area contributed by atoms with Crippen LogP contribution in [0, 0.1) is 0 Å². The van der Waals surface area contributed by atoms with Crippen LogP contribution >= 0.6 is 0 Å². The molecule has 5 nitrogen and oxygen atoms in total. The van der Waals surface area contributed by atoms with Crippen LogP contribution in [0.25, 0.3) is 10.9 Å². The van der Waals surface area contributed by atoms with Crippen LogP contribution in [-0.2, 0) is 16.0 Å². The van der Waals surface area contributed by atoms with E-state index in [1.807, 2.05) is 37.4 Å². The Morgan fingerprint density at radius 2 is 1.84 bits per heavy atom. The average molecular weight is 336 g/mol. The molecule has 0 atom stereocenters. The summed E-state index contributed by atoms with van der Waals surface area (Å²) in [5, 5.41) is 3.90. The predicted octanol–water partition coefficient (Wildman–Crippen LogP) is 3.92. The lowest BCUT2D eigenvalue weighted by Gasteiger charge is -2.07. The summed E-state index contributed by atoms with van der Waals surface area (Å²) in [6.45, 7) is 2.35. The molecule has 2 aromatic carbocycles. The van der Waals surface area contributed by atoms with Crippen molar-refractivity contribution in [3.63, 3.8) is 0 Å². The van der Waals surface area contributed by atoms with E-state index >= 15 is 0 Å². The van der Waals surface area contributed by atoms with Gasteiger partial charge in [-0.1, -0.05) is 25.1 Å². The molecule has 25 heavy (non-hydrogen) atoms. The molecule has 0 unspecified atom stereocenters. The summed E-state index contributed by atoms with van der Waals surface area (Å²) in [6, 6.07) is 14.6. The summed E-state index contributed by atoms with van der Waals surface area (Å²) in [5.41, 5.74) is 3.09. The number of rotatable bonds is 6. The molecule has 0 saturated carbocycles. The topological polar surface area (TPSA) is 71.2 Å². The zero-order chi connectivity index (χ0) is 17.6. The van der Waals surface area contributed by atoms with Gasteiger partial charge in [0.1, 0.15) is 0 Å². The number of anilines is 1. The Hall–Kier alpha value is -3.08. The molecule has 1 amide bonds. The van der Waals surface area contributed by atoms with Crippen LogP contribution in [0.5, 0.6) is 0 Å². The van der Waals surface area contributed by atoms with Crippen LogP contribution in [0.4, 0.5) is 5.69 Å². The molecule has 3 rings (SSSR count). The third-order valence-electron chi connectivity index (χ3n) is 3.87. The monoisotopic (exact) mass is 336 g/mol. The number of hydrogen-bond acceptors (Lipinski definition) is 3. The molecule has 1 aromatic heterocycles. The van der Waals surface area contributed by atoms with Crippen LogP contribution < -0.4 is 5.32 Å². The second-order valence-electron chi connectivity index (χ2n) is 5.80. The van der Waals surface area contributed by atoms with Crippen molar-refractivity contribution in [3.05, 3.63) is 65.9 Å². The van der Waals surface area contributed by atoms with Crippen molar-refractivity contribution in [2.45, 2.75) is 19.8 Å². The van der Waals surface area contributed by atoms with Crippen molar-refractivity contribution in [1.82, 2.24) is 4.98 Å². The summed E-state index contributed by atoms with van der Waals surface area (Å²) in [7, 11) is 0. The van der Waals surface area contributed by atoms with E-state index in [4.69, 9.17) is 4.74 Å². The molecule has 0 bridgehead atoms. The highest BCUT2D eigenvalue weighted by Crippen LogP contribution is 2.19. The molecular weight excluding hydrogens is 316 g/mol. The number of ether oxygens (including phenoxy) is 1. The zero-order valence-electron chi connectivity index (χ0n) is 14.0. The Labute approximate surface area is 146 Å². The molecule has 0 saturated heterocycles. The lowest BCUT2D eigenvalue weighted by atomic mass is 10.1. The minimum Gasteiger partial charge on any atom is -0.462 e.